The van der Waals surface area contributed by atoms with Crippen LogP contribution in [0.25, 0.3) is 10.1 Å². The number of aliphatic hydroxyl groups excluding tert-OH is 5. The van der Waals surface area contributed by atoms with Gasteiger partial charge in [0.25, 0.3) is 0 Å². The number of fused-ring (bicyclic) bond motifs is 1. The minimum Gasteiger partial charge on any atom is -0.481 e. The molecule has 45 heavy (non-hydrogen) atoms. The van der Waals surface area contributed by atoms with Gasteiger partial charge in [0.2, 0.25) is 0 Å². The normalized spacial score (nSPS) is 31.0. The van der Waals surface area contributed by atoms with Gasteiger partial charge in [-0.3, -0.25) is 9.59 Å². The number of thiophene rings is 1. The zero-order chi connectivity index (χ0) is 32.9. The van der Waals surface area contributed by atoms with Crippen molar-refractivity contribution >= 4 is 44.8 Å². The number of Topliss-reactive ketones (excluding diaryl/α,β-unsaturated/α-hetero) is 1. The molecule has 1 aliphatic heterocycles. The molecule has 10 nitrogen and oxygen atoms in total. The summed E-state index contributed by atoms with van der Waals surface area (Å²) in [5.41, 5.74) is -1.06. The summed E-state index contributed by atoms with van der Waals surface area (Å²) < 4.78 is 12.9. The molecule has 1 aromatic heterocycles. The number of carboxylic acids is 1. The Morgan fingerprint density at radius 2 is 1.89 bits per heavy atom. The molecule has 12 heteroatoms. The summed E-state index contributed by atoms with van der Waals surface area (Å²) in [6.07, 6.45) is 0.275. The van der Waals surface area contributed by atoms with Crippen molar-refractivity contribution in [2.75, 3.05) is 6.61 Å². The zero-order valence-electron chi connectivity index (χ0n) is 25.4. The van der Waals surface area contributed by atoms with Crippen molar-refractivity contribution in [2.24, 2.45) is 17.3 Å². The predicted octanol–water partition coefficient (Wildman–Crippen LogP) is 3.63. The maximum absolute atomic E-state index is 13.8. The van der Waals surface area contributed by atoms with Crippen molar-refractivity contribution < 1.29 is 49.7 Å². The highest BCUT2D eigenvalue weighted by Crippen LogP contribution is 2.48. The van der Waals surface area contributed by atoms with E-state index in [-0.39, 0.29) is 12.2 Å². The largest absolute Gasteiger partial charge is 0.481 e. The molecule has 9 atom stereocenters. The van der Waals surface area contributed by atoms with Crippen LogP contribution >= 0.6 is 22.9 Å². The number of benzene rings is 1. The third-order valence-electron chi connectivity index (χ3n) is 8.77. The van der Waals surface area contributed by atoms with Gasteiger partial charge in [-0.15, -0.1) is 11.3 Å². The molecule has 1 saturated carbocycles. The van der Waals surface area contributed by atoms with Gasteiger partial charge in [0, 0.05) is 33.2 Å². The van der Waals surface area contributed by atoms with E-state index in [2.05, 4.69) is 0 Å². The second-order valence-electron chi connectivity index (χ2n) is 12.3. The fraction of sp³-hybridized carbons (Fsp3) is 0.576. The van der Waals surface area contributed by atoms with E-state index in [1.807, 2.05) is 36.4 Å². The number of carbonyl (C=O) groups is 2. The lowest BCUT2D eigenvalue weighted by molar-refractivity contribution is -0.318. The molecular weight excluding hydrogens is 624 g/mol. The molecule has 1 saturated heterocycles. The highest BCUT2D eigenvalue weighted by Gasteiger charge is 2.56. The number of aliphatic hydroxyl groups is 5. The SMILES string of the molecule is CC1(C)C(=O)[C@H](C/C=C\CCCC(=O)O)[C@@H](/C=C/C(O)CCc2sc3ccccc3c2Cl)[C@@H]1OC1O[C@H](CO)[C@@H](O)[C@H](O)[C@H]1O. The summed E-state index contributed by atoms with van der Waals surface area (Å²) in [7, 11) is 0. The first-order valence-electron chi connectivity index (χ1n) is 15.3. The van der Waals surface area contributed by atoms with Crippen LogP contribution in [0.3, 0.4) is 0 Å². The molecule has 0 amide bonds. The first kappa shape index (κ1) is 35.7. The molecule has 2 fully saturated rings. The van der Waals surface area contributed by atoms with Crippen molar-refractivity contribution in [3.63, 3.8) is 0 Å². The number of ether oxygens (including phenoxy) is 2. The molecule has 1 aromatic carbocycles. The van der Waals surface area contributed by atoms with E-state index < -0.39 is 72.7 Å². The minimum absolute atomic E-state index is 0.0463. The molecule has 2 aromatic rings. The molecule has 248 valence electrons. The number of hydrogen-bond acceptors (Lipinski definition) is 10. The van der Waals surface area contributed by atoms with E-state index in [1.54, 1.807) is 37.3 Å². The molecule has 2 unspecified atom stereocenters. The number of carboxylic acid groups (broad SMARTS) is 1. The first-order chi connectivity index (χ1) is 21.4. The number of aryl methyl sites for hydroxylation is 1. The van der Waals surface area contributed by atoms with Gasteiger partial charge in [-0.25, -0.2) is 0 Å². The van der Waals surface area contributed by atoms with E-state index in [0.29, 0.717) is 37.1 Å². The summed E-state index contributed by atoms with van der Waals surface area (Å²) in [4.78, 5) is 25.6. The number of allylic oxidation sites excluding steroid dienone is 2. The van der Waals surface area contributed by atoms with Crippen LogP contribution in [0.15, 0.2) is 48.6 Å². The number of aliphatic carboxylic acids is 1. The third kappa shape index (κ3) is 8.22. The number of halogens is 1. The molecule has 0 bridgehead atoms. The van der Waals surface area contributed by atoms with Crippen molar-refractivity contribution in [3.05, 3.63) is 58.5 Å². The van der Waals surface area contributed by atoms with Gasteiger partial charge in [-0.1, -0.05) is 68.0 Å². The molecule has 1 aliphatic carbocycles. The highest BCUT2D eigenvalue weighted by molar-refractivity contribution is 7.19. The highest BCUT2D eigenvalue weighted by atomic mass is 35.5. The van der Waals surface area contributed by atoms with E-state index in [0.717, 1.165) is 15.0 Å². The standard InChI is InChI=1S/C33H43ClO10S/c1-33(2)30(42)19(9-5-3-4-6-12-25(37)38)20(31(33)44-32-29(41)28(40)27(39)22(17-35)43-32)15-13-18(36)14-16-24-26(34)21-10-7-8-11-23(21)45-24/h3,5,7-8,10-11,13,15,18-20,22,27-29,31-32,35-36,39-41H,4,6,9,12,14,16-17H2,1-2H3,(H,37,38)/b5-3-,15-13+/t18?,19-,20-,22-,27-,28+,29-,31+,32?/m1/s1. The van der Waals surface area contributed by atoms with Gasteiger partial charge in [0.15, 0.2) is 6.29 Å². The van der Waals surface area contributed by atoms with Crippen LogP contribution in [-0.4, -0.2) is 91.9 Å². The monoisotopic (exact) mass is 666 g/mol. The van der Waals surface area contributed by atoms with Gasteiger partial charge in [0.05, 0.1) is 29.3 Å². The van der Waals surface area contributed by atoms with E-state index in [9.17, 15) is 35.1 Å². The number of carbonyl (C=O) groups excluding carboxylic acids is 1. The number of rotatable bonds is 14. The fourth-order valence-corrected chi connectivity index (χ4v) is 7.70. The lowest BCUT2D eigenvalue weighted by atomic mass is 9.86. The lowest BCUT2D eigenvalue weighted by Crippen LogP contribution is -2.60. The summed E-state index contributed by atoms with van der Waals surface area (Å²) in [6, 6.07) is 7.84. The van der Waals surface area contributed by atoms with Gasteiger partial charge < -0.3 is 40.1 Å². The second kappa shape index (κ2) is 15.6. The van der Waals surface area contributed by atoms with Gasteiger partial charge >= 0.3 is 5.97 Å². The van der Waals surface area contributed by atoms with E-state index >= 15 is 0 Å². The van der Waals surface area contributed by atoms with Gasteiger partial charge in [-0.2, -0.15) is 0 Å². The second-order valence-corrected chi connectivity index (χ2v) is 13.9. The Morgan fingerprint density at radius 1 is 1.16 bits per heavy atom. The van der Waals surface area contributed by atoms with E-state index in [4.69, 9.17) is 26.2 Å². The van der Waals surface area contributed by atoms with Crippen LogP contribution in [0.1, 0.15) is 50.8 Å². The lowest BCUT2D eigenvalue weighted by Gasteiger charge is -2.42. The van der Waals surface area contributed by atoms with Crippen molar-refractivity contribution in [1.29, 1.82) is 0 Å². The molecule has 0 spiro atoms. The van der Waals surface area contributed by atoms with Crippen molar-refractivity contribution in [2.45, 2.75) is 95.3 Å². The summed E-state index contributed by atoms with van der Waals surface area (Å²) in [6.45, 7) is 2.83. The number of ketones is 1. The van der Waals surface area contributed by atoms with Crippen LogP contribution in [0.5, 0.6) is 0 Å². The third-order valence-corrected chi connectivity index (χ3v) is 10.5. The maximum Gasteiger partial charge on any atom is 0.303 e. The van der Waals surface area contributed by atoms with Crippen LogP contribution in [0, 0.1) is 17.3 Å². The Morgan fingerprint density at radius 3 is 2.58 bits per heavy atom. The maximum atomic E-state index is 13.8. The Labute approximate surface area is 271 Å². The molecule has 2 aliphatic rings. The number of hydrogen-bond donors (Lipinski definition) is 6. The predicted molar refractivity (Wildman–Crippen MR) is 170 cm³/mol. The van der Waals surface area contributed by atoms with Crippen LogP contribution in [-0.2, 0) is 25.5 Å². The Balaban J connectivity index is 1.53. The summed E-state index contributed by atoms with van der Waals surface area (Å²) in [5, 5.41) is 62.3. The van der Waals surface area contributed by atoms with Crippen molar-refractivity contribution in [1.82, 2.24) is 0 Å². The fourth-order valence-electron chi connectivity index (χ4n) is 6.16. The van der Waals surface area contributed by atoms with Crippen LogP contribution in [0.2, 0.25) is 5.02 Å². The smallest absolute Gasteiger partial charge is 0.303 e. The van der Waals surface area contributed by atoms with Crippen molar-refractivity contribution in [3.8, 4) is 0 Å². The van der Waals surface area contributed by atoms with Crippen LogP contribution < -0.4 is 0 Å². The Bertz CT molecular complexity index is 1370. The Hall–Kier alpha value is -2.19. The first-order valence-corrected chi connectivity index (χ1v) is 16.5. The van der Waals surface area contributed by atoms with E-state index in [1.165, 1.54) is 0 Å². The number of unbranched alkanes of at least 4 members (excludes halogenated alkanes) is 1. The molecule has 6 N–H and O–H groups in total. The van der Waals surface area contributed by atoms with Gasteiger partial charge in [-0.05, 0) is 38.2 Å². The molecular formula is C33H43ClO10S. The Kier molecular flexibility index (Phi) is 12.4. The molecule has 0 radical (unpaired) electrons. The summed E-state index contributed by atoms with van der Waals surface area (Å²) >= 11 is 8.17. The average Bonchev–Trinajstić information content (AvgIpc) is 3.42. The minimum atomic E-state index is -1.64. The van der Waals surface area contributed by atoms with Crippen LogP contribution in [0.4, 0.5) is 0 Å². The molecule has 4 rings (SSSR count). The van der Waals surface area contributed by atoms with Gasteiger partial charge in [0.1, 0.15) is 30.2 Å². The summed E-state index contributed by atoms with van der Waals surface area (Å²) in [5.74, 6) is -2.10. The molecule has 2 heterocycles. The quantitative estimate of drug-likeness (QED) is 0.129. The topological polar surface area (TPSA) is 174 Å². The zero-order valence-corrected chi connectivity index (χ0v) is 26.9. The average molecular weight is 667 g/mol.